The molecular weight excluding hydrogens is 196 g/mol. The lowest BCUT2D eigenvalue weighted by molar-refractivity contribution is 0.387. The zero-order valence-corrected chi connectivity index (χ0v) is 10.4. The highest BCUT2D eigenvalue weighted by Gasteiger charge is 2.25. The van der Waals surface area contributed by atoms with Crippen LogP contribution < -0.4 is 10.6 Å². The second kappa shape index (κ2) is 4.88. The number of nitrogens with two attached hydrogens (primary N) is 1. The molecule has 88 valence electrons. The Kier molecular flexibility index (Phi) is 3.49. The molecule has 1 aliphatic carbocycles. The van der Waals surface area contributed by atoms with Gasteiger partial charge in [-0.15, -0.1) is 0 Å². The summed E-state index contributed by atoms with van der Waals surface area (Å²) in [4.78, 5) is 2.51. The van der Waals surface area contributed by atoms with E-state index in [2.05, 4.69) is 36.9 Å². The zero-order chi connectivity index (χ0) is 11.5. The Morgan fingerprint density at radius 3 is 2.62 bits per heavy atom. The van der Waals surface area contributed by atoms with Crippen LogP contribution in [0.1, 0.15) is 30.4 Å². The lowest BCUT2D eigenvalue weighted by Gasteiger charge is -2.40. The first kappa shape index (κ1) is 11.5. The van der Waals surface area contributed by atoms with E-state index in [1.165, 1.54) is 36.1 Å². The van der Waals surface area contributed by atoms with Gasteiger partial charge >= 0.3 is 0 Å². The predicted molar refractivity (Wildman–Crippen MR) is 70.0 cm³/mol. The van der Waals surface area contributed by atoms with E-state index in [1.54, 1.807) is 0 Å². The molecule has 0 bridgehead atoms. The summed E-state index contributed by atoms with van der Waals surface area (Å²) in [5, 5.41) is 0. The van der Waals surface area contributed by atoms with Crippen molar-refractivity contribution in [1.82, 2.24) is 0 Å². The average Bonchev–Trinajstić information content (AvgIpc) is 2.19. The van der Waals surface area contributed by atoms with Gasteiger partial charge in [0.05, 0.1) is 0 Å². The fourth-order valence-corrected chi connectivity index (χ4v) is 2.38. The molecule has 0 aromatic heterocycles. The Morgan fingerprint density at radius 2 is 2.06 bits per heavy atom. The molecule has 0 spiro atoms. The third kappa shape index (κ3) is 2.07. The molecule has 0 heterocycles. The first-order valence-corrected chi connectivity index (χ1v) is 6.27. The summed E-state index contributed by atoms with van der Waals surface area (Å²) in [6.45, 7) is 6.12. The van der Waals surface area contributed by atoms with Crippen molar-refractivity contribution in [2.75, 3.05) is 18.0 Å². The van der Waals surface area contributed by atoms with Crippen LogP contribution in [0.4, 0.5) is 5.69 Å². The van der Waals surface area contributed by atoms with Crippen LogP contribution in [-0.4, -0.2) is 19.1 Å². The molecule has 2 heteroatoms. The van der Waals surface area contributed by atoms with Gasteiger partial charge in [0.25, 0.3) is 0 Å². The van der Waals surface area contributed by atoms with Gasteiger partial charge in [-0.25, -0.2) is 0 Å². The lowest BCUT2D eigenvalue weighted by atomic mass is 9.90. The van der Waals surface area contributed by atoms with Gasteiger partial charge in [-0.05, 0) is 50.3 Å². The molecule has 2 nitrogen and oxygen atoms in total. The Bertz CT molecular complexity index is 356. The monoisotopic (exact) mass is 218 g/mol. The van der Waals surface area contributed by atoms with E-state index in [0.717, 1.165) is 19.1 Å². The van der Waals surface area contributed by atoms with Crippen molar-refractivity contribution in [3.05, 3.63) is 29.3 Å². The van der Waals surface area contributed by atoms with Crippen LogP contribution in [0.3, 0.4) is 0 Å². The van der Waals surface area contributed by atoms with Gasteiger partial charge in [0.2, 0.25) is 0 Å². The Labute approximate surface area is 98.4 Å². The van der Waals surface area contributed by atoms with Gasteiger partial charge in [0.1, 0.15) is 0 Å². The van der Waals surface area contributed by atoms with Gasteiger partial charge in [-0.3, -0.25) is 0 Å². The Balaban J connectivity index is 2.26. The Hall–Kier alpha value is -1.02. The van der Waals surface area contributed by atoms with Crippen LogP contribution in [-0.2, 0) is 0 Å². The molecule has 0 unspecified atom stereocenters. The van der Waals surface area contributed by atoms with E-state index in [4.69, 9.17) is 5.73 Å². The molecule has 0 aliphatic heterocycles. The SMILES string of the molecule is Cc1cccc(N(CCN)C2CCC2)c1C. The third-order valence-electron chi connectivity index (χ3n) is 3.77. The van der Waals surface area contributed by atoms with Crippen molar-refractivity contribution in [2.24, 2.45) is 5.73 Å². The topological polar surface area (TPSA) is 29.3 Å². The Morgan fingerprint density at radius 1 is 1.31 bits per heavy atom. The van der Waals surface area contributed by atoms with Crippen LogP contribution in [0.2, 0.25) is 0 Å². The molecule has 0 atom stereocenters. The number of benzene rings is 1. The summed E-state index contributed by atoms with van der Waals surface area (Å²) in [5.41, 5.74) is 9.89. The molecular formula is C14H22N2. The van der Waals surface area contributed by atoms with Crippen LogP contribution in [0.25, 0.3) is 0 Å². The smallest absolute Gasteiger partial charge is 0.0401 e. The lowest BCUT2D eigenvalue weighted by Crippen LogP contribution is -2.43. The number of hydrogen-bond acceptors (Lipinski definition) is 2. The minimum atomic E-state index is 0.726. The maximum absolute atomic E-state index is 5.73. The van der Waals surface area contributed by atoms with Crippen molar-refractivity contribution in [2.45, 2.75) is 39.2 Å². The number of hydrogen-bond donors (Lipinski definition) is 1. The molecule has 0 amide bonds. The molecule has 0 saturated heterocycles. The molecule has 1 aromatic carbocycles. The van der Waals surface area contributed by atoms with E-state index in [1.807, 2.05) is 0 Å². The molecule has 1 aromatic rings. The minimum Gasteiger partial charge on any atom is -0.367 e. The molecule has 16 heavy (non-hydrogen) atoms. The summed E-state index contributed by atoms with van der Waals surface area (Å²) in [6.07, 6.45) is 4.03. The van der Waals surface area contributed by atoms with Gasteiger partial charge in [0.15, 0.2) is 0 Å². The highest BCUT2D eigenvalue weighted by molar-refractivity contribution is 5.57. The second-order valence-corrected chi connectivity index (χ2v) is 4.79. The van der Waals surface area contributed by atoms with Crippen LogP contribution in [0.5, 0.6) is 0 Å². The second-order valence-electron chi connectivity index (χ2n) is 4.79. The van der Waals surface area contributed by atoms with E-state index < -0.39 is 0 Å². The van der Waals surface area contributed by atoms with Crippen molar-refractivity contribution in [1.29, 1.82) is 0 Å². The fraction of sp³-hybridized carbons (Fsp3) is 0.571. The number of nitrogens with zero attached hydrogens (tertiary/aromatic N) is 1. The maximum atomic E-state index is 5.73. The highest BCUT2D eigenvalue weighted by Crippen LogP contribution is 2.32. The third-order valence-corrected chi connectivity index (χ3v) is 3.77. The molecule has 0 radical (unpaired) electrons. The first-order valence-electron chi connectivity index (χ1n) is 6.27. The minimum absolute atomic E-state index is 0.726. The van der Waals surface area contributed by atoms with Crippen LogP contribution >= 0.6 is 0 Å². The number of anilines is 1. The molecule has 2 N–H and O–H groups in total. The molecule has 1 saturated carbocycles. The summed E-state index contributed by atoms with van der Waals surface area (Å²) in [5.74, 6) is 0. The summed E-state index contributed by atoms with van der Waals surface area (Å²) in [7, 11) is 0. The van der Waals surface area contributed by atoms with Gasteiger partial charge < -0.3 is 10.6 Å². The van der Waals surface area contributed by atoms with E-state index in [0.29, 0.717) is 0 Å². The zero-order valence-electron chi connectivity index (χ0n) is 10.4. The summed E-state index contributed by atoms with van der Waals surface area (Å²) >= 11 is 0. The summed E-state index contributed by atoms with van der Waals surface area (Å²) < 4.78 is 0. The number of rotatable bonds is 4. The van der Waals surface area contributed by atoms with Crippen molar-refractivity contribution in [3.8, 4) is 0 Å². The first-order chi connectivity index (χ1) is 7.74. The van der Waals surface area contributed by atoms with Crippen molar-refractivity contribution < 1.29 is 0 Å². The van der Waals surface area contributed by atoms with E-state index in [9.17, 15) is 0 Å². The predicted octanol–water partition coefficient (Wildman–Crippen LogP) is 2.62. The maximum Gasteiger partial charge on any atom is 0.0401 e. The van der Waals surface area contributed by atoms with Crippen LogP contribution in [0, 0.1) is 13.8 Å². The standard InChI is InChI=1S/C14H22N2/c1-11-5-3-8-14(12(11)2)16(10-9-15)13-6-4-7-13/h3,5,8,13H,4,6-7,9-10,15H2,1-2H3. The highest BCUT2D eigenvalue weighted by atomic mass is 15.2. The van der Waals surface area contributed by atoms with Crippen LogP contribution in [0.15, 0.2) is 18.2 Å². The normalized spacial score (nSPS) is 15.9. The van der Waals surface area contributed by atoms with Crippen molar-refractivity contribution >= 4 is 5.69 Å². The van der Waals surface area contributed by atoms with Crippen molar-refractivity contribution in [3.63, 3.8) is 0 Å². The number of aryl methyl sites for hydroxylation is 1. The molecule has 1 fully saturated rings. The van der Waals surface area contributed by atoms with E-state index in [-0.39, 0.29) is 0 Å². The van der Waals surface area contributed by atoms with Gasteiger partial charge in [0, 0.05) is 24.8 Å². The van der Waals surface area contributed by atoms with E-state index >= 15 is 0 Å². The molecule has 1 aliphatic rings. The van der Waals surface area contributed by atoms with Gasteiger partial charge in [-0.1, -0.05) is 12.1 Å². The summed E-state index contributed by atoms with van der Waals surface area (Å²) in [6, 6.07) is 7.29. The largest absolute Gasteiger partial charge is 0.367 e. The average molecular weight is 218 g/mol. The van der Waals surface area contributed by atoms with Gasteiger partial charge in [-0.2, -0.15) is 0 Å². The quantitative estimate of drug-likeness (QED) is 0.841. The fourth-order valence-electron chi connectivity index (χ4n) is 2.38. The molecule has 2 rings (SSSR count).